The first-order valence-electron chi connectivity index (χ1n) is 7.58. The van der Waals surface area contributed by atoms with E-state index in [4.69, 9.17) is 0 Å². The summed E-state index contributed by atoms with van der Waals surface area (Å²) in [4.78, 5) is 22.5. The zero-order valence-electron chi connectivity index (χ0n) is 14.3. The summed E-state index contributed by atoms with van der Waals surface area (Å²) in [5.41, 5.74) is 0.425. The summed E-state index contributed by atoms with van der Waals surface area (Å²) in [6.45, 7) is 5.03. The molecule has 0 saturated carbocycles. The molecule has 1 amide bonds. The van der Waals surface area contributed by atoms with Crippen LogP contribution in [0.1, 0.15) is 32.3 Å². The zero-order valence-corrected chi connectivity index (χ0v) is 15.1. The smallest absolute Gasteiger partial charge is 0.271 e. The van der Waals surface area contributed by atoms with Gasteiger partial charge in [-0.25, -0.2) is 8.42 Å². The number of carbonyl (C=O) groups is 1. The minimum Gasteiger partial charge on any atom is -0.352 e. The Morgan fingerprint density at radius 3 is 2.54 bits per heavy atom. The Labute approximate surface area is 142 Å². The van der Waals surface area contributed by atoms with Gasteiger partial charge in [0.15, 0.2) is 0 Å². The van der Waals surface area contributed by atoms with Gasteiger partial charge < -0.3 is 5.32 Å². The third-order valence-corrected chi connectivity index (χ3v) is 4.62. The number of hydrogen-bond acceptors (Lipinski definition) is 5. The maximum absolute atomic E-state index is 12.1. The van der Waals surface area contributed by atoms with Crippen LogP contribution < -0.4 is 9.62 Å². The number of non-ortho nitro benzene ring substituents is 1. The van der Waals surface area contributed by atoms with E-state index in [9.17, 15) is 23.3 Å². The molecule has 1 rings (SSSR count). The molecule has 0 aliphatic carbocycles. The molecule has 0 heterocycles. The van der Waals surface area contributed by atoms with Crippen molar-refractivity contribution in [2.75, 3.05) is 17.1 Å². The zero-order chi connectivity index (χ0) is 18.5. The van der Waals surface area contributed by atoms with Crippen molar-refractivity contribution < 1.29 is 18.1 Å². The van der Waals surface area contributed by atoms with E-state index in [0.29, 0.717) is 5.56 Å². The molecule has 0 aliphatic heterocycles. The van der Waals surface area contributed by atoms with Gasteiger partial charge in [-0.05, 0) is 25.8 Å². The monoisotopic (exact) mass is 357 g/mol. The van der Waals surface area contributed by atoms with E-state index >= 15 is 0 Å². The highest BCUT2D eigenvalue weighted by Crippen LogP contribution is 2.27. The minimum atomic E-state index is -3.78. The number of nitro benzene ring substituents is 1. The molecule has 134 valence electrons. The molecule has 1 N–H and O–H groups in total. The first kappa shape index (κ1) is 19.9. The fourth-order valence-electron chi connectivity index (χ4n) is 2.32. The topological polar surface area (TPSA) is 110 Å². The highest BCUT2D eigenvalue weighted by atomic mass is 32.2. The third-order valence-electron chi connectivity index (χ3n) is 3.49. The molecule has 9 heteroatoms. The lowest BCUT2D eigenvalue weighted by atomic mass is 10.1. The molecule has 0 aliphatic rings. The summed E-state index contributed by atoms with van der Waals surface area (Å²) in [5.74, 6) is -0.452. The van der Waals surface area contributed by atoms with Crippen LogP contribution in [-0.4, -0.2) is 38.1 Å². The number of anilines is 1. The summed E-state index contributed by atoms with van der Waals surface area (Å²) in [5, 5.41) is 13.7. The normalized spacial score (nSPS) is 12.5. The van der Waals surface area contributed by atoms with Crippen molar-refractivity contribution in [3.63, 3.8) is 0 Å². The Bertz CT molecular complexity index is 718. The number of aryl methyl sites for hydroxylation is 1. The second-order valence-corrected chi connectivity index (χ2v) is 7.66. The molecule has 1 atom stereocenters. The van der Waals surface area contributed by atoms with Crippen LogP contribution in [-0.2, 0) is 14.8 Å². The number of amides is 1. The second-order valence-electron chi connectivity index (χ2n) is 5.75. The van der Waals surface area contributed by atoms with Gasteiger partial charge in [0.2, 0.25) is 15.9 Å². The standard InChI is InChI=1S/C15H23N3O5S/c1-5-6-12(3)16-15(19)10-17(24(4,22)23)14-9-13(18(20)21)8-7-11(14)2/h7-9,12H,5-6,10H2,1-4H3,(H,16,19)/t12-/m1/s1. The first-order chi connectivity index (χ1) is 11.1. The average molecular weight is 357 g/mol. The Morgan fingerprint density at radius 2 is 2.04 bits per heavy atom. The van der Waals surface area contributed by atoms with Gasteiger partial charge in [-0.2, -0.15) is 0 Å². The van der Waals surface area contributed by atoms with Gasteiger partial charge in [0, 0.05) is 18.2 Å². The van der Waals surface area contributed by atoms with E-state index in [1.807, 2.05) is 13.8 Å². The lowest BCUT2D eigenvalue weighted by Crippen LogP contribution is -2.43. The summed E-state index contributed by atoms with van der Waals surface area (Å²) >= 11 is 0. The largest absolute Gasteiger partial charge is 0.352 e. The van der Waals surface area contributed by atoms with Crippen LogP contribution in [0.4, 0.5) is 11.4 Å². The van der Waals surface area contributed by atoms with Gasteiger partial charge in [0.1, 0.15) is 6.54 Å². The van der Waals surface area contributed by atoms with Gasteiger partial charge in [-0.1, -0.05) is 19.4 Å². The number of rotatable bonds is 8. The fourth-order valence-corrected chi connectivity index (χ4v) is 3.22. The van der Waals surface area contributed by atoms with Crippen LogP contribution in [0.2, 0.25) is 0 Å². The second kappa shape index (κ2) is 8.09. The van der Waals surface area contributed by atoms with E-state index in [0.717, 1.165) is 23.4 Å². The summed E-state index contributed by atoms with van der Waals surface area (Å²) in [6.07, 6.45) is 2.63. The van der Waals surface area contributed by atoms with Gasteiger partial charge in [0.05, 0.1) is 16.9 Å². The first-order valence-corrected chi connectivity index (χ1v) is 9.43. The lowest BCUT2D eigenvalue weighted by molar-refractivity contribution is -0.384. The average Bonchev–Trinajstić information content (AvgIpc) is 2.44. The van der Waals surface area contributed by atoms with Crippen molar-refractivity contribution >= 4 is 27.3 Å². The van der Waals surface area contributed by atoms with Gasteiger partial charge >= 0.3 is 0 Å². The van der Waals surface area contributed by atoms with Crippen LogP contribution in [0.25, 0.3) is 0 Å². The van der Waals surface area contributed by atoms with Crippen LogP contribution in [0.3, 0.4) is 0 Å². The molecule has 0 aromatic heterocycles. The molecule has 8 nitrogen and oxygen atoms in total. The van der Waals surface area contributed by atoms with Gasteiger partial charge in [-0.3, -0.25) is 19.2 Å². The predicted molar refractivity (Wildman–Crippen MR) is 92.5 cm³/mol. The number of hydrogen-bond donors (Lipinski definition) is 1. The summed E-state index contributed by atoms with van der Waals surface area (Å²) in [7, 11) is -3.78. The number of nitro groups is 1. The molecule has 0 unspecified atom stereocenters. The van der Waals surface area contributed by atoms with E-state index < -0.39 is 27.4 Å². The molecule has 0 saturated heterocycles. The van der Waals surface area contributed by atoms with E-state index in [1.165, 1.54) is 18.2 Å². The lowest BCUT2D eigenvalue weighted by Gasteiger charge is -2.24. The predicted octanol–water partition coefficient (Wildman–Crippen LogP) is 1.97. The van der Waals surface area contributed by atoms with Crippen LogP contribution in [0.15, 0.2) is 18.2 Å². The molecule has 0 radical (unpaired) electrons. The number of nitrogens with zero attached hydrogens (tertiary/aromatic N) is 2. The maximum Gasteiger partial charge on any atom is 0.271 e. The molecule has 0 fully saturated rings. The highest BCUT2D eigenvalue weighted by Gasteiger charge is 2.24. The molecule has 1 aromatic rings. The van der Waals surface area contributed by atoms with Gasteiger partial charge in [-0.15, -0.1) is 0 Å². The molecule has 1 aromatic carbocycles. The SMILES string of the molecule is CCC[C@@H](C)NC(=O)CN(c1cc([N+](=O)[O-])ccc1C)S(C)(=O)=O. The Kier molecular flexibility index (Phi) is 6.70. The Balaban J connectivity index is 3.14. The van der Waals surface area contributed by atoms with Crippen molar-refractivity contribution in [3.05, 3.63) is 33.9 Å². The minimum absolute atomic E-state index is 0.0740. The number of carbonyl (C=O) groups excluding carboxylic acids is 1. The van der Waals surface area contributed by atoms with Crippen molar-refractivity contribution in [2.45, 2.75) is 39.7 Å². The fraction of sp³-hybridized carbons (Fsp3) is 0.533. The number of sulfonamides is 1. The van der Waals surface area contributed by atoms with Gasteiger partial charge in [0.25, 0.3) is 5.69 Å². The number of nitrogens with one attached hydrogen (secondary N) is 1. The molecule has 0 spiro atoms. The van der Waals surface area contributed by atoms with Crippen LogP contribution >= 0.6 is 0 Å². The summed E-state index contributed by atoms with van der Waals surface area (Å²) < 4.78 is 25.1. The van der Waals surface area contributed by atoms with Crippen molar-refractivity contribution in [1.82, 2.24) is 5.32 Å². The molecular weight excluding hydrogens is 334 g/mol. The quantitative estimate of drug-likeness (QED) is 0.565. The highest BCUT2D eigenvalue weighted by molar-refractivity contribution is 7.92. The third kappa shape index (κ3) is 5.48. The van der Waals surface area contributed by atoms with E-state index in [1.54, 1.807) is 6.92 Å². The molecular formula is C15H23N3O5S. The Morgan fingerprint density at radius 1 is 1.42 bits per heavy atom. The Hall–Kier alpha value is -2.16. The van der Waals surface area contributed by atoms with Crippen molar-refractivity contribution in [1.29, 1.82) is 0 Å². The molecule has 0 bridgehead atoms. The molecule has 24 heavy (non-hydrogen) atoms. The van der Waals surface area contributed by atoms with Crippen LogP contribution in [0.5, 0.6) is 0 Å². The van der Waals surface area contributed by atoms with E-state index in [-0.39, 0.29) is 17.4 Å². The number of benzene rings is 1. The maximum atomic E-state index is 12.1. The van der Waals surface area contributed by atoms with Crippen molar-refractivity contribution in [2.24, 2.45) is 0 Å². The summed E-state index contributed by atoms with van der Waals surface area (Å²) in [6, 6.07) is 3.85. The van der Waals surface area contributed by atoms with Crippen molar-refractivity contribution in [3.8, 4) is 0 Å². The van der Waals surface area contributed by atoms with Crippen LogP contribution in [0, 0.1) is 17.0 Å². The van der Waals surface area contributed by atoms with E-state index in [2.05, 4.69) is 5.32 Å².